The molecule has 0 aromatic heterocycles. The van der Waals surface area contributed by atoms with Crippen molar-refractivity contribution in [2.75, 3.05) is 33.9 Å². The molecule has 0 saturated carbocycles. The lowest BCUT2D eigenvalue weighted by atomic mass is 10.1. The third-order valence-corrected chi connectivity index (χ3v) is 2.65. The van der Waals surface area contributed by atoms with Gasteiger partial charge in [0.25, 0.3) is 0 Å². The molecule has 14 heavy (non-hydrogen) atoms. The first-order valence-corrected chi connectivity index (χ1v) is 5.54. The van der Waals surface area contributed by atoms with Crippen molar-refractivity contribution in [2.24, 2.45) is 0 Å². The smallest absolute Gasteiger partial charge is 0.0589 e. The third-order valence-electron chi connectivity index (χ3n) is 2.65. The number of hydrogen-bond donors (Lipinski definition) is 1. The van der Waals surface area contributed by atoms with Crippen LogP contribution in [0.5, 0.6) is 0 Å². The van der Waals surface area contributed by atoms with E-state index in [-0.39, 0.29) is 0 Å². The normalized spacial score (nSPS) is 15.9. The van der Waals surface area contributed by atoms with Crippen molar-refractivity contribution in [3.8, 4) is 0 Å². The fourth-order valence-corrected chi connectivity index (χ4v) is 1.58. The van der Waals surface area contributed by atoms with E-state index in [2.05, 4.69) is 38.0 Å². The second kappa shape index (κ2) is 8.21. The fraction of sp³-hybridized carbons (Fsp3) is 1.00. The van der Waals surface area contributed by atoms with E-state index in [1.807, 2.05) is 0 Å². The standard InChI is InChI=1S/C11H26N2O/c1-6-12-10(2)9-11(3)13(4)7-8-14-5/h10-12H,6-9H2,1-5H3. The lowest BCUT2D eigenvalue weighted by molar-refractivity contribution is 0.137. The van der Waals surface area contributed by atoms with Gasteiger partial charge in [-0.15, -0.1) is 0 Å². The molecule has 0 bridgehead atoms. The van der Waals surface area contributed by atoms with E-state index in [1.165, 1.54) is 6.42 Å². The van der Waals surface area contributed by atoms with Crippen molar-refractivity contribution in [1.29, 1.82) is 0 Å². The van der Waals surface area contributed by atoms with Gasteiger partial charge in [0, 0.05) is 25.7 Å². The Hall–Kier alpha value is -0.120. The van der Waals surface area contributed by atoms with Crippen LogP contribution in [0.2, 0.25) is 0 Å². The van der Waals surface area contributed by atoms with Gasteiger partial charge < -0.3 is 15.0 Å². The van der Waals surface area contributed by atoms with Gasteiger partial charge in [-0.05, 0) is 33.9 Å². The van der Waals surface area contributed by atoms with Crippen LogP contribution in [0, 0.1) is 0 Å². The fourth-order valence-electron chi connectivity index (χ4n) is 1.58. The van der Waals surface area contributed by atoms with E-state index in [9.17, 15) is 0 Å². The molecule has 0 rings (SSSR count). The second-order valence-electron chi connectivity index (χ2n) is 4.02. The average Bonchev–Trinajstić information content (AvgIpc) is 2.14. The Morgan fingerprint density at radius 3 is 2.50 bits per heavy atom. The van der Waals surface area contributed by atoms with Crippen molar-refractivity contribution in [1.82, 2.24) is 10.2 Å². The molecule has 86 valence electrons. The summed E-state index contributed by atoms with van der Waals surface area (Å²) in [5.74, 6) is 0. The predicted molar refractivity (Wildman–Crippen MR) is 61.7 cm³/mol. The quantitative estimate of drug-likeness (QED) is 0.643. The Morgan fingerprint density at radius 2 is 2.00 bits per heavy atom. The van der Waals surface area contributed by atoms with Crippen LogP contribution in [0.25, 0.3) is 0 Å². The van der Waals surface area contributed by atoms with E-state index >= 15 is 0 Å². The van der Waals surface area contributed by atoms with Crippen LogP contribution < -0.4 is 5.32 Å². The van der Waals surface area contributed by atoms with Crippen LogP contribution in [0.1, 0.15) is 27.2 Å². The van der Waals surface area contributed by atoms with Gasteiger partial charge in [0.1, 0.15) is 0 Å². The Balaban J connectivity index is 3.64. The molecule has 0 fully saturated rings. The number of hydrogen-bond acceptors (Lipinski definition) is 3. The zero-order chi connectivity index (χ0) is 11.0. The first-order valence-electron chi connectivity index (χ1n) is 5.54. The Labute approximate surface area is 88.8 Å². The van der Waals surface area contributed by atoms with Crippen LogP contribution >= 0.6 is 0 Å². The molecule has 0 radical (unpaired) electrons. The van der Waals surface area contributed by atoms with Gasteiger partial charge >= 0.3 is 0 Å². The Morgan fingerprint density at radius 1 is 1.36 bits per heavy atom. The molecular formula is C11H26N2O. The van der Waals surface area contributed by atoms with Crippen molar-refractivity contribution >= 4 is 0 Å². The van der Waals surface area contributed by atoms with Gasteiger partial charge in [-0.1, -0.05) is 6.92 Å². The molecule has 2 atom stereocenters. The van der Waals surface area contributed by atoms with E-state index in [1.54, 1.807) is 7.11 Å². The van der Waals surface area contributed by atoms with Crippen LogP contribution in [0.15, 0.2) is 0 Å². The van der Waals surface area contributed by atoms with Gasteiger partial charge in [-0.3, -0.25) is 0 Å². The summed E-state index contributed by atoms with van der Waals surface area (Å²) >= 11 is 0. The zero-order valence-electron chi connectivity index (χ0n) is 10.3. The van der Waals surface area contributed by atoms with E-state index in [0.29, 0.717) is 12.1 Å². The summed E-state index contributed by atoms with van der Waals surface area (Å²) in [5.41, 5.74) is 0. The molecular weight excluding hydrogens is 176 g/mol. The molecule has 2 unspecified atom stereocenters. The van der Waals surface area contributed by atoms with Gasteiger partial charge in [-0.25, -0.2) is 0 Å². The topological polar surface area (TPSA) is 24.5 Å². The van der Waals surface area contributed by atoms with Crippen LogP contribution in [-0.2, 0) is 4.74 Å². The largest absolute Gasteiger partial charge is 0.383 e. The lowest BCUT2D eigenvalue weighted by Crippen LogP contribution is -2.38. The minimum absolute atomic E-state index is 0.597. The molecule has 0 aromatic rings. The summed E-state index contributed by atoms with van der Waals surface area (Å²) in [6.45, 7) is 9.53. The van der Waals surface area contributed by atoms with Crippen LogP contribution in [-0.4, -0.2) is 50.8 Å². The summed E-state index contributed by atoms with van der Waals surface area (Å²) in [6, 6.07) is 1.21. The van der Waals surface area contributed by atoms with E-state index in [4.69, 9.17) is 4.74 Å². The highest BCUT2D eigenvalue weighted by molar-refractivity contribution is 4.70. The molecule has 0 aromatic carbocycles. The third kappa shape index (κ3) is 6.35. The Bertz CT molecular complexity index is 130. The van der Waals surface area contributed by atoms with Crippen molar-refractivity contribution < 1.29 is 4.74 Å². The highest BCUT2D eigenvalue weighted by atomic mass is 16.5. The molecule has 3 nitrogen and oxygen atoms in total. The van der Waals surface area contributed by atoms with Gasteiger partial charge in [0.15, 0.2) is 0 Å². The summed E-state index contributed by atoms with van der Waals surface area (Å²) < 4.78 is 5.06. The Kier molecular flexibility index (Phi) is 8.14. The number of methoxy groups -OCH3 is 1. The average molecular weight is 202 g/mol. The van der Waals surface area contributed by atoms with Gasteiger partial charge in [0.05, 0.1) is 6.61 Å². The highest BCUT2D eigenvalue weighted by Gasteiger charge is 2.11. The number of rotatable bonds is 8. The minimum Gasteiger partial charge on any atom is -0.383 e. The molecule has 0 saturated heterocycles. The zero-order valence-corrected chi connectivity index (χ0v) is 10.3. The van der Waals surface area contributed by atoms with Crippen molar-refractivity contribution in [2.45, 2.75) is 39.3 Å². The summed E-state index contributed by atoms with van der Waals surface area (Å²) in [4.78, 5) is 2.34. The number of likely N-dealkylation sites (N-methyl/N-ethyl adjacent to an activating group) is 1. The maximum Gasteiger partial charge on any atom is 0.0589 e. The predicted octanol–water partition coefficient (Wildman–Crippen LogP) is 1.34. The van der Waals surface area contributed by atoms with E-state index < -0.39 is 0 Å². The first-order chi connectivity index (χ1) is 6.61. The second-order valence-corrected chi connectivity index (χ2v) is 4.02. The van der Waals surface area contributed by atoms with Crippen molar-refractivity contribution in [3.63, 3.8) is 0 Å². The molecule has 0 aliphatic carbocycles. The van der Waals surface area contributed by atoms with Crippen LogP contribution in [0.3, 0.4) is 0 Å². The molecule has 3 heteroatoms. The number of ether oxygens (including phenoxy) is 1. The first kappa shape index (κ1) is 13.9. The van der Waals surface area contributed by atoms with Gasteiger partial charge in [-0.2, -0.15) is 0 Å². The minimum atomic E-state index is 0.597. The maximum atomic E-state index is 5.06. The number of nitrogens with zero attached hydrogens (tertiary/aromatic N) is 1. The monoisotopic (exact) mass is 202 g/mol. The molecule has 0 aliphatic heterocycles. The van der Waals surface area contributed by atoms with E-state index in [0.717, 1.165) is 19.7 Å². The summed E-state index contributed by atoms with van der Waals surface area (Å²) in [5, 5.41) is 3.43. The van der Waals surface area contributed by atoms with Gasteiger partial charge in [0.2, 0.25) is 0 Å². The molecule has 1 N–H and O–H groups in total. The SMILES string of the molecule is CCNC(C)CC(C)N(C)CCOC. The number of nitrogens with one attached hydrogen (secondary N) is 1. The molecule has 0 spiro atoms. The summed E-state index contributed by atoms with van der Waals surface area (Å²) in [6.07, 6.45) is 1.19. The maximum absolute atomic E-state index is 5.06. The lowest BCUT2D eigenvalue weighted by Gasteiger charge is -2.27. The molecule has 0 heterocycles. The van der Waals surface area contributed by atoms with Crippen molar-refractivity contribution in [3.05, 3.63) is 0 Å². The summed E-state index contributed by atoms with van der Waals surface area (Å²) in [7, 11) is 3.90. The van der Waals surface area contributed by atoms with Crippen LogP contribution in [0.4, 0.5) is 0 Å². The highest BCUT2D eigenvalue weighted by Crippen LogP contribution is 2.04. The molecule has 0 amide bonds. The molecule has 0 aliphatic rings.